The number of methoxy groups -OCH3 is 2. The van der Waals surface area contributed by atoms with E-state index in [1.165, 1.54) is 31.8 Å². The van der Waals surface area contributed by atoms with Crippen LogP contribution in [0.25, 0.3) is 0 Å². The zero-order valence-electron chi connectivity index (χ0n) is 14.3. The number of rotatable bonds is 7. The van der Waals surface area contributed by atoms with Crippen LogP contribution in [0.15, 0.2) is 53.1 Å². The van der Waals surface area contributed by atoms with Gasteiger partial charge in [-0.05, 0) is 36.4 Å². The molecule has 0 atom stereocenters. The number of thiophene rings is 1. The van der Waals surface area contributed by atoms with E-state index in [4.69, 9.17) is 13.9 Å². The molecule has 0 unspecified atom stereocenters. The number of hydrogen-bond donors (Lipinski definition) is 1. The lowest BCUT2D eigenvalue weighted by molar-refractivity contribution is 0.0950. The normalized spacial score (nSPS) is 10.4. The lowest BCUT2D eigenvalue weighted by Crippen LogP contribution is -2.22. The predicted molar refractivity (Wildman–Crippen MR) is 97.2 cm³/mol. The third-order valence-electron chi connectivity index (χ3n) is 3.67. The standard InChI is InChI=1S/C19H17NO5S/c1-23-13-8-12(9-14(10-13)24-2)19(22)20-11-15-5-6-17(26-15)18(21)16-4-3-7-25-16/h3-10H,11H2,1-2H3,(H,20,22). The van der Waals surface area contributed by atoms with Crippen molar-refractivity contribution in [1.29, 1.82) is 0 Å². The van der Waals surface area contributed by atoms with E-state index in [0.717, 1.165) is 4.88 Å². The Hall–Kier alpha value is -3.06. The van der Waals surface area contributed by atoms with Crippen molar-refractivity contribution in [3.05, 3.63) is 69.8 Å². The van der Waals surface area contributed by atoms with Gasteiger partial charge in [-0.1, -0.05) is 0 Å². The Balaban J connectivity index is 1.66. The highest BCUT2D eigenvalue weighted by Gasteiger charge is 2.15. The minimum Gasteiger partial charge on any atom is -0.497 e. The van der Waals surface area contributed by atoms with Crippen LogP contribution in [0.5, 0.6) is 11.5 Å². The monoisotopic (exact) mass is 371 g/mol. The van der Waals surface area contributed by atoms with E-state index in [1.54, 1.807) is 36.4 Å². The number of carbonyl (C=O) groups is 2. The molecule has 0 radical (unpaired) electrons. The molecule has 1 aromatic carbocycles. The number of ketones is 1. The molecule has 3 rings (SSSR count). The third kappa shape index (κ3) is 3.94. The van der Waals surface area contributed by atoms with Gasteiger partial charge in [0.1, 0.15) is 11.5 Å². The van der Waals surface area contributed by atoms with Crippen LogP contribution in [-0.4, -0.2) is 25.9 Å². The maximum absolute atomic E-state index is 12.4. The average molecular weight is 371 g/mol. The maximum Gasteiger partial charge on any atom is 0.251 e. The summed E-state index contributed by atoms with van der Waals surface area (Å²) in [5.74, 6) is 0.949. The molecule has 0 aliphatic carbocycles. The summed E-state index contributed by atoms with van der Waals surface area (Å²) < 4.78 is 15.5. The van der Waals surface area contributed by atoms with E-state index in [-0.39, 0.29) is 11.7 Å². The van der Waals surface area contributed by atoms with Gasteiger partial charge in [0.05, 0.1) is 31.9 Å². The van der Waals surface area contributed by atoms with Gasteiger partial charge in [0.15, 0.2) is 5.76 Å². The predicted octanol–water partition coefficient (Wildman–Crippen LogP) is 3.52. The van der Waals surface area contributed by atoms with Gasteiger partial charge in [0, 0.05) is 16.5 Å². The van der Waals surface area contributed by atoms with E-state index in [0.29, 0.717) is 34.2 Å². The van der Waals surface area contributed by atoms with Gasteiger partial charge in [-0.15, -0.1) is 11.3 Å². The van der Waals surface area contributed by atoms with Gasteiger partial charge >= 0.3 is 0 Å². The number of ether oxygens (including phenoxy) is 2. The molecular formula is C19H17NO5S. The SMILES string of the molecule is COc1cc(OC)cc(C(=O)NCc2ccc(C(=O)c3ccco3)s2)c1. The first kappa shape index (κ1) is 17.8. The Morgan fingerprint density at radius 2 is 1.81 bits per heavy atom. The minimum absolute atomic E-state index is 0.171. The van der Waals surface area contributed by atoms with Crippen LogP contribution in [0.1, 0.15) is 30.7 Å². The van der Waals surface area contributed by atoms with Gasteiger partial charge in [0.25, 0.3) is 5.91 Å². The van der Waals surface area contributed by atoms with Crippen molar-refractivity contribution in [3.8, 4) is 11.5 Å². The van der Waals surface area contributed by atoms with Crippen molar-refractivity contribution in [2.75, 3.05) is 14.2 Å². The molecule has 3 aromatic rings. The summed E-state index contributed by atoms with van der Waals surface area (Å²) in [4.78, 5) is 26.0. The Morgan fingerprint density at radius 1 is 1.08 bits per heavy atom. The van der Waals surface area contributed by atoms with Crippen LogP contribution < -0.4 is 14.8 Å². The van der Waals surface area contributed by atoms with E-state index < -0.39 is 0 Å². The van der Waals surface area contributed by atoms with Crippen molar-refractivity contribution in [1.82, 2.24) is 5.32 Å². The van der Waals surface area contributed by atoms with Crippen molar-refractivity contribution < 1.29 is 23.5 Å². The molecule has 2 aromatic heterocycles. The molecule has 0 aliphatic heterocycles. The van der Waals surface area contributed by atoms with Gasteiger partial charge in [-0.3, -0.25) is 9.59 Å². The maximum atomic E-state index is 12.4. The molecule has 134 valence electrons. The summed E-state index contributed by atoms with van der Waals surface area (Å²) in [6.07, 6.45) is 1.46. The Morgan fingerprint density at radius 3 is 2.42 bits per heavy atom. The number of amides is 1. The van der Waals surface area contributed by atoms with Crippen molar-refractivity contribution in [3.63, 3.8) is 0 Å². The first-order valence-electron chi connectivity index (χ1n) is 7.79. The van der Waals surface area contributed by atoms with Crippen LogP contribution in [0.3, 0.4) is 0 Å². The van der Waals surface area contributed by atoms with Crippen LogP contribution >= 0.6 is 11.3 Å². The fourth-order valence-electron chi connectivity index (χ4n) is 2.33. The van der Waals surface area contributed by atoms with Crippen LogP contribution in [-0.2, 0) is 6.54 Å². The zero-order valence-corrected chi connectivity index (χ0v) is 15.1. The summed E-state index contributed by atoms with van der Waals surface area (Å²) in [7, 11) is 3.05. The molecule has 26 heavy (non-hydrogen) atoms. The largest absolute Gasteiger partial charge is 0.497 e. The molecule has 0 aliphatic rings. The van der Waals surface area contributed by atoms with E-state index in [1.807, 2.05) is 6.07 Å². The Labute approximate surface area is 154 Å². The number of furan rings is 1. The number of benzene rings is 1. The second-order valence-corrected chi connectivity index (χ2v) is 6.52. The van der Waals surface area contributed by atoms with Gasteiger partial charge in [-0.2, -0.15) is 0 Å². The second kappa shape index (κ2) is 7.88. The summed E-state index contributed by atoms with van der Waals surface area (Å²) in [6.45, 7) is 0.314. The fourth-order valence-corrected chi connectivity index (χ4v) is 3.22. The zero-order chi connectivity index (χ0) is 18.5. The topological polar surface area (TPSA) is 77.8 Å². The van der Waals surface area contributed by atoms with Gasteiger partial charge < -0.3 is 19.2 Å². The van der Waals surface area contributed by atoms with E-state index in [2.05, 4.69) is 5.32 Å². The van der Waals surface area contributed by atoms with Crippen LogP contribution in [0.2, 0.25) is 0 Å². The average Bonchev–Trinajstić information content (AvgIpc) is 3.37. The lowest BCUT2D eigenvalue weighted by Gasteiger charge is -2.08. The summed E-state index contributed by atoms with van der Waals surface area (Å²) in [5, 5.41) is 2.83. The molecule has 0 saturated heterocycles. The summed E-state index contributed by atoms with van der Waals surface area (Å²) >= 11 is 1.32. The molecule has 1 N–H and O–H groups in total. The molecule has 6 nitrogen and oxygen atoms in total. The molecule has 7 heteroatoms. The highest BCUT2D eigenvalue weighted by molar-refractivity contribution is 7.14. The highest BCUT2D eigenvalue weighted by atomic mass is 32.1. The Bertz CT molecular complexity index is 892. The first-order chi connectivity index (χ1) is 12.6. The molecule has 0 saturated carbocycles. The lowest BCUT2D eigenvalue weighted by atomic mass is 10.2. The fraction of sp³-hybridized carbons (Fsp3) is 0.158. The third-order valence-corrected chi connectivity index (χ3v) is 4.75. The van der Waals surface area contributed by atoms with E-state index >= 15 is 0 Å². The molecule has 0 fully saturated rings. The first-order valence-corrected chi connectivity index (χ1v) is 8.60. The molecule has 1 amide bonds. The molecular weight excluding hydrogens is 354 g/mol. The number of hydrogen-bond acceptors (Lipinski definition) is 6. The number of nitrogens with one attached hydrogen (secondary N) is 1. The summed E-state index contributed by atoms with van der Waals surface area (Å²) in [6, 6.07) is 11.8. The van der Waals surface area contributed by atoms with Crippen molar-refractivity contribution >= 4 is 23.0 Å². The Kier molecular flexibility index (Phi) is 5.38. The van der Waals surface area contributed by atoms with Gasteiger partial charge in [-0.25, -0.2) is 0 Å². The van der Waals surface area contributed by atoms with E-state index in [9.17, 15) is 9.59 Å². The number of carbonyl (C=O) groups excluding carboxylic acids is 2. The molecule has 0 spiro atoms. The smallest absolute Gasteiger partial charge is 0.251 e. The van der Waals surface area contributed by atoms with Crippen molar-refractivity contribution in [2.45, 2.75) is 6.54 Å². The molecule has 2 heterocycles. The highest BCUT2D eigenvalue weighted by Crippen LogP contribution is 2.23. The van der Waals surface area contributed by atoms with Crippen LogP contribution in [0.4, 0.5) is 0 Å². The van der Waals surface area contributed by atoms with Crippen LogP contribution in [0, 0.1) is 0 Å². The second-order valence-electron chi connectivity index (χ2n) is 5.36. The van der Waals surface area contributed by atoms with Gasteiger partial charge in [0.2, 0.25) is 5.78 Å². The minimum atomic E-state index is -0.255. The summed E-state index contributed by atoms with van der Waals surface area (Å²) in [5.41, 5.74) is 0.435. The molecule has 0 bridgehead atoms. The van der Waals surface area contributed by atoms with Crippen molar-refractivity contribution in [2.24, 2.45) is 0 Å². The quantitative estimate of drug-likeness (QED) is 0.643.